The zero-order valence-corrected chi connectivity index (χ0v) is 16.0. The largest absolute Gasteiger partial charge is 0.372 e. The molecule has 1 atom stereocenters. The molecule has 1 unspecified atom stereocenters. The third-order valence-corrected chi connectivity index (χ3v) is 4.93. The van der Waals surface area contributed by atoms with Crippen molar-refractivity contribution >= 4 is 46.3 Å². The van der Waals surface area contributed by atoms with E-state index < -0.39 is 6.04 Å². The van der Waals surface area contributed by atoms with Crippen molar-refractivity contribution in [3.05, 3.63) is 99.0 Å². The second-order valence-corrected chi connectivity index (χ2v) is 7.14. The Balaban J connectivity index is 1.87. The van der Waals surface area contributed by atoms with Gasteiger partial charge in [0.2, 0.25) is 0 Å². The van der Waals surface area contributed by atoms with Crippen LogP contribution in [0, 0.1) is 0 Å². The fourth-order valence-corrected chi connectivity index (χ4v) is 3.21. The van der Waals surface area contributed by atoms with Crippen molar-refractivity contribution in [1.82, 2.24) is 0 Å². The lowest BCUT2D eigenvalue weighted by Crippen LogP contribution is -2.22. The van der Waals surface area contributed by atoms with Gasteiger partial charge in [-0.3, -0.25) is 4.79 Å². The van der Waals surface area contributed by atoms with Crippen molar-refractivity contribution in [2.24, 2.45) is 0 Å². The number of hydrogen-bond donors (Lipinski definition) is 1. The molecule has 0 heterocycles. The van der Waals surface area contributed by atoms with E-state index in [0.717, 1.165) is 16.8 Å². The molecule has 0 aliphatic rings. The molecule has 0 aromatic heterocycles. The Kier molecular flexibility index (Phi) is 6.20. The number of Topliss-reactive ketones (excluding diaryl/α,β-unsaturated/α-hetero) is 1. The van der Waals surface area contributed by atoms with Gasteiger partial charge in [0.05, 0.1) is 10.0 Å². The third-order valence-electron chi connectivity index (χ3n) is 3.95. The molecule has 26 heavy (non-hydrogen) atoms. The molecule has 0 amide bonds. The van der Waals surface area contributed by atoms with Crippen molar-refractivity contribution in [2.75, 3.05) is 5.32 Å². The van der Waals surface area contributed by atoms with E-state index >= 15 is 0 Å². The fraction of sp³-hybridized carbons (Fsp3) is 0.0952. The summed E-state index contributed by atoms with van der Waals surface area (Å²) in [4.78, 5) is 13.0. The van der Waals surface area contributed by atoms with E-state index in [-0.39, 0.29) is 12.2 Å². The Hall–Kier alpha value is -2.00. The van der Waals surface area contributed by atoms with Crippen LogP contribution in [0.25, 0.3) is 0 Å². The smallest absolute Gasteiger partial charge is 0.163 e. The molecular weight excluding hydrogens is 389 g/mol. The minimum Gasteiger partial charge on any atom is -0.372 e. The lowest BCUT2D eigenvalue weighted by molar-refractivity contribution is -0.119. The lowest BCUT2D eigenvalue weighted by Gasteiger charge is -2.20. The van der Waals surface area contributed by atoms with Crippen molar-refractivity contribution in [3.63, 3.8) is 0 Å². The molecule has 0 bridgehead atoms. The second kappa shape index (κ2) is 8.59. The quantitative estimate of drug-likeness (QED) is 0.500. The van der Waals surface area contributed by atoms with E-state index in [1.165, 1.54) is 0 Å². The van der Waals surface area contributed by atoms with Crippen LogP contribution >= 0.6 is 34.8 Å². The van der Waals surface area contributed by atoms with Crippen LogP contribution in [0.2, 0.25) is 15.1 Å². The van der Waals surface area contributed by atoms with E-state index in [9.17, 15) is 4.79 Å². The van der Waals surface area contributed by atoms with Crippen molar-refractivity contribution in [3.8, 4) is 0 Å². The lowest BCUT2D eigenvalue weighted by atomic mass is 9.97. The summed E-state index contributed by atoms with van der Waals surface area (Å²) >= 11 is 18.1. The zero-order valence-electron chi connectivity index (χ0n) is 13.8. The van der Waals surface area contributed by atoms with Gasteiger partial charge < -0.3 is 5.32 Å². The van der Waals surface area contributed by atoms with Gasteiger partial charge in [-0.15, -0.1) is 0 Å². The summed E-state index contributed by atoms with van der Waals surface area (Å²) in [6.45, 7) is 0. The summed E-state index contributed by atoms with van der Waals surface area (Å²) < 4.78 is 0. The number of carbonyl (C=O) groups excluding carboxylic acids is 1. The average molecular weight is 405 g/mol. The molecule has 0 aliphatic carbocycles. The standard InChI is InChI=1S/C21H16Cl3NO/c22-16-8-4-5-14(11-16)12-20(26)21(15-6-2-1-3-7-15)25-17-9-10-18(23)19(24)13-17/h1-11,13,21,25H,12H2. The molecule has 3 rings (SSSR count). The van der Waals surface area contributed by atoms with E-state index in [4.69, 9.17) is 34.8 Å². The molecule has 0 spiro atoms. The molecule has 2 nitrogen and oxygen atoms in total. The van der Waals surface area contributed by atoms with E-state index in [0.29, 0.717) is 15.1 Å². The highest BCUT2D eigenvalue weighted by molar-refractivity contribution is 6.42. The van der Waals surface area contributed by atoms with Crippen LogP contribution in [-0.4, -0.2) is 5.78 Å². The summed E-state index contributed by atoms with van der Waals surface area (Å²) in [7, 11) is 0. The highest BCUT2D eigenvalue weighted by Gasteiger charge is 2.21. The van der Waals surface area contributed by atoms with Gasteiger partial charge in [-0.25, -0.2) is 0 Å². The molecule has 3 aromatic carbocycles. The average Bonchev–Trinajstić information content (AvgIpc) is 2.63. The van der Waals surface area contributed by atoms with Gasteiger partial charge in [0, 0.05) is 17.1 Å². The second-order valence-electron chi connectivity index (χ2n) is 5.89. The van der Waals surface area contributed by atoms with E-state index in [2.05, 4.69) is 5.32 Å². The first-order chi connectivity index (χ1) is 12.5. The maximum absolute atomic E-state index is 13.0. The van der Waals surface area contributed by atoms with Gasteiger partial charge in [0.25, 0.3) is 0 Å². The first-order valence-corrected chi connectivity index (χ1v) is 9.20. The number of rotatable bonds is 6. The molecule has 5 heteroatoms. The molecule has 0 fully saturated rings. The van der Waals surface area contributed by atoms with Crippen LogP contribution in [0.15, 0.2) is 72.8 Å². The number of halogens is 3. The first-order valence-electron chi connectivity index (χ1n) is 8.06. The van der Waals surface area contributed by atoms with Crippen LogP contribution < -0.4 is 5.32 Å². The highest BCUT2D eigenvalue weighted by atomic mass is 35.5. The first kappa shape index (κ1) is 18.8. The van der Waals surface area contributed by atoms with Crippen LogP contribution in [0.5, 0.6) is 0 Å². The third kappa shape index (κ3) is 4.79. The molecule has 132 valence electrons. The summed E-state index contributed by atoms with van der Waals surface area (Å²) in [6, 6.07) is 21.6. The molecule has 0 saturated heterocycles. The summed E-state index contributed by atoms with van der Waals surface area (Å²) in [5, 5.41) is 4.79. The van der Waals surface area contributed by atoms with Crippen LogP contribution in [0.1, 0.15) is 17.2 Å². The Bertz CT molecular complexity index is 912. The van der Waals surface area contributed by atoms with Gasteiger partial charge in [0.1, 0.15) is 6.04 Å². The van der Waals surface area contributed by atoms with Gasteiger partial charge >= 0.3 is 0 Å². The van der Waals surface area contributed by atoms with Gasteiger partial charge in [-0.2, -0.15) is 0 Å². The minimum atomic E-state index is -0.507. The molecule has 0 saturated carbocycles. The van der Waals surface area contributed by atoms with Gasteiger partial charge in [-0.05, 0) is 41.5 Å². The number of hydrogen-bond acceptors (Lipinski definition) is 2. The number of benzene rings is 3. The van der Waals surface area contributed by atoms with Gasteiger partial charge in [0.15, 0.2) is 5.78 Å². The fourth-order valence-electron chi connectivity index (χ4n) is 2.70. The van der Waals surface area contributed by atoms with Crippen molar-refractivity contribution in [2.45, 2.75) is 12.5 Å². The summed E-state index contributed by atoms with van der Waals surface area (Å²) in [5.41, 5.74) is 2.48. The SMILES string of the molecule is O=C(Cc1cccc(Cl)c1)C(Nc1ccc(Cl)c(Cl)c1)c1ccccc1. The Labute approximate surface area is 167 Å². The molecular formula is C21H16Cl3NO. The number of anilines is 1. The maximum atomic E-state index is 13.0. The van der Waals surface area contributed by atoms with E-state index in [1.54, 1.807) is 30.3 Å². The maximum Gasteiger partial charge on any atom is 0.163 e. The van der Waals surface area contributed by atoms with Crippen molar-refractivity contribution in [1.29, 1.82) is 0 Å². The Morgan fingerprint density at radius 1 is 0.846 bits per heavy atom. The van der Waals surface area contributed by atoms with Crippen LogP contribution in [0.4, 0.5) is 5.69 Å². The number of carbonyl (C=O) groups is 1. The molecule has 3 aromatic rings. The van der Waals surface area contributed by atoms with Crippen LogP contribution in [-0.2, 0) is 11.2 Å². The predicted octanol–water partition coefficient (Wildman–Crippen LogP) is 6.61. The Morgan fingerprint density at radius 2 is 1.62 bits per heavy atom. The minimum absolute atomic E-state index is 0.0320. The number of ketones is 1. The number of nitrogens with one attached hydrogen (secondary N) is 1. The summed E-state index contributed by atoms with van der Waals surface area (Å²) in [5.74, 6) is 0.0320. The van der Waals surface area contributed by atoms with E-state index in [1.807, 2.05) is 42.5 Å². The van der Waals surface area contributed by atoms with Gasteiger partial charge in [-0.1, -0.05) is 77.3 Å². The predicted molar refractivity (Wildman–Crippen MR) is 109 cm³/mol. The molecule has 0 radical (unpaired) electrons. The normalized spacial score (nSPS) is 11.8. The Morgan fingerprint density at radius 3 is 2.31 bits per heavy atom. The molecule has 0 aliphatic heterocycles. The topological polar surface area (TPSA) is 29.1 Å². The monoisotopic (exact) mass is 403 g/mol. The highest BCUT2D eigenvalue weighted by Crippen LogP contribution is 2.28. The van der Waals surface area contributed by atoms with Crippen molar-refractivity contribution < 1.29 is 4.79 Å². The van der Waals surface area contributed by atoms with Crippen LogP contribution in [0.3, 0.4) is 0 Å². The zero-order chi connectivity index (χ0) is 18.5. The molecule has 1 N–H and O–H groups in total. The summed E-state index contributed by atoms with van der Waals surface area (Å²) in [6.07, 6.45) is 0.272.